The number of rotatable bonds is 10. The van der Waals surface area contributed by atoms with Crippen molar-refractivity contribution in [3.8, 4) is 0 Å². The predicted molar refractivity (Wildman–Crippen MR) is 106 cm³/mol. The molecular formula is C20H19NO7S. The third kappa shape index (κ3) is 7.04. The highest BCUT2D eigenvalue weighted by molar-refractivity contribution is 8.14. The topological polar surface area (TPSA) is 124 Å². The highest BCUT2D eigenvalue weighted by atomic mass is 32.2. The molecule has 29 heavy (non-hydrogen) atoms. The van der Waals surface area contributed by atoms with Crippen LogP contribution in [0.5, 0.6) is 0 Å². The van der Waals surface area contributed by atoms with Gasteiger partial charge in [-0.2, -0.15) is 0 Å². The molecular weight excluding hydrogens is 398 g/mol. The van der Waals surface area contributed by atoms with Crippen molar-refractivity contribution in [1.29, 1.82) is 0 Å². The molecule has 0 heterocycles. The van der Waals surface area contributed by atoms with E-state index in [-0.39, 0.29) is 29.7 Å². The molecule has 0 fully saturated rings. The van der Waals surface area contributed by atoms with Crippen LogP contribution in [0.25, 0.3) is 0 Å². The number of carbonyl (C=O) groups is 3. The van der Waals surface area contributed by atoms with Gasteiger partial charge in [-0.1, -0.05) is 65.9 Å². The lowest BCUT2D eigenvalue weighted by atomic mass is 9.99. The molecule has 0 saturated heterocycles. The summed E-state index contributed by atoms with van der Waals surface area (Å²) in [6.07, 6.45) is -0.199. The molecule has 0 spiro atoms. The van der Waals surface area contributed by atoms with E-state index in [1.165, 1.54) is 24.3 Å². The van der Waals surface area contributed by atoms with Crippen molar-refractivity contribution in [2.24, 2.45) is 5.92 Å². The van der Waals surface area contributed by atoms with Gasteiger partial charge >= 0.3 is 5.97 Å². The van der Waals surface area contributed by atoms with Crippen LogP contribution in [-0.4, -0.2) is 32.8 Å². The van der Waals surface area contributed by atoms with Gasteiger partial charge in [0.25, 0.3) is 5.09 Å². The van der Waals surface area contributed by atoms with Crippen LogP contribution < -0.4 is 0 Å². The van der Waals surface area contributed by atoms with Gasteiger partial charge in [0.1, 0.15) is 6.61 Å². The summed E-state index contributed by atoms with van der Waals surface area (Å²) in [5, 5.41) is 18.3. The molecule has 2 aromatic rings. The first-order chi connectivity index (χ1) is 13.8. The average molecular weight is 417 g/mol. The Hall–Kier alpha value is -3.20. The summed E-state index contributed by atoms with van der Waals surface area (Å²) >= 11 is 0.818. The molecule has 0 saturated carbocycles. The predicted octanol–water partition coefficient (Wildman–Crippen LogP) is 3.55. The van der Waals surface area contributed by atoms with Gasteiger partial charge in [-0.25, -0.2) is 0 Å². The van der Waals surface area contributed by atoms with E-state index in [1.54, 1.807) is 24.3 Å². The Morgan fingerprint density at radius 3 is 2.21 bits per heavy atom. The van der Waals surface area contributed by atoms with Gasteiger partial charge in [0, 0.05) is 23.3 Å². The fourth-order valence-electron chi connectivity index (χ4n) is 2.42. The van der Waals surface area contributed by atoms with Gasteiger partial charge < -0.3 is 9.94 Å². The van der Waals surface area contributed by atoms with Crippen LogP contribution in [0.15, 0.2) is 48.5 Å². The maximum atomic E-state index is 12.3. The molecule has 0 aliphatic heterocycles. The van der Waals surface area contributed by atoms with Crippen molar-refractivity contribution >= 4 is 28.6 Å². The molecule has 0 radical (unpaired) electrons. The van der Waals surface area contributed by atoms with E-state index in [9.17, 15) is 29.6 Å². The van der Waals surface area contributed by atoms with Gasteiger partial charge in [0.15, 0.2) is 5.78 Å². The SMILES string of the molecule is Cc1ccc(C(=O)CC(CSC(=O)c2ccc(CO[N+](=O)[O-])cc2)C(=O)O)cc1. The minimum atomic E-state index is -1.14. The summed E-state index contributed by atoms with van der Waals surface area (Å²) in [4.78, 5) is 50.5. The van der Waals surface area contributed by atoms with Crippen LogP contribution in [0.2, 0.25) is 0 Å². The number of thioether (sulfide) groups is 1. The molecule has 1 unspecified atom stereocenters. The van der Waals surface area contributed by atoms with Crippen molar-refractivity contribution in [2.75, 3.05) is 5.75 Å². The summed E-state index contributed by atoms with van der Waals surface area (Å²) in [6, 6.07) is 12.9. The summed E-state index contributed by atoms with van der Waals surface area (Å²) in [6.45, 7) is 1.66. The minimum absolute atomic E-state index is 0.0437. The van der Waals surface area contributed by atoms with Crippen molar-refractivity contribution in [3.63, 3.8) is 0 Å². The second-order valence-corrected chi connectivity index (χ2v) is 7.31. The van der Waals surface area contributed by atoms with Crippen LogP contribution in [-0.2, 0) is 16.2 Å². The molecule has 0 aliphatic carbocycles. The molecule has 9 heteroatoms. The number of ketones is 1. The molecule has 8 nitrogen and oxygen atoms in total. The Morgan fingerprint density at radius 1 is 1.07 bits per heavy atom. The normalized spacial score (nSPS) is 11.5. The number of benzene rings is 2. The van der Waals surface area contributed by atoms with Crippen LogP contribution in [0.3, 0.4) is 0 Å². The zero-order valence-corrected chi connectivity index (χ0v) is 16.4. The van der Waals surface area contributed by atoms with Gasteiger partial charge in [-0.05, 0) is 12.5 Å². The molecule has 1 N–H and O–H groups in total. The number of hydrogen-bond acceptors (Lipinski definition) is 7. The second kappa shape index (κ2) is 10.4. The first kappa shape index (κ1) is 22.1. The maximum absolute atomic E-state index is 12.3. The number of aryl methyl sites for hydroxylation is 1. The average Bonchev–Trinajstić information content (AvgIpc) is 2.69. The summed E-state index contributed by atoms with van der Waals surface area (Å²) in [5.74, 6) is -2.47. The van der Waals surface area contributed by atoms with Crippen LogP contribution in [0.4, 0.5) is 0 Å². The molecule has 2 aromatic carbocycles. The molecule has 0 aliphatic rings. The fraction of sp³-hybridized carbons (Fsp3) is 0.250. The van der Waals surface area contributed by atoms with Gasteiger partial charge in [0.2, 0.25) is 5.12 Å². The van der Waals surface area contributed by atoms with Crippen molar-refractivity contribution in [2.45, 2.75) is 20.0 Å². The van der Waals surface area contributed by atoms with Gasteiger partial charge in [-0.15, -0.1) is 10.1 Å². The summed E-state index contributed by atoms with van der Waals surface area (Å²) in [5.41, 5.74) is 2.28. The van der Waals surface area contributed by atoms with Crippen molar-refractivity contribution < 1.29 is 29.4 Å². The zero-order valence-electron chi connectivity index (χ0n) is 15.6. The van der Waals surface area contributed by atoms with Crippen LogP contribution >= 0.6 is 11.8 Å². The number of aliphatic carboxylic acids is 1. The third-order valence-electron chi connectivity index (χ3n) is 4.10. The number of nitrogens with zero attached hydrogens (tertiary/aromatic N) is 1. The molecule has 0 bridgehead atoms. The van der Waals surface area contributed by atoms with Crippen LogP contribution in [0.1, 0.15) is 38.3 Å². The Morgan fingerprint density at radius 2 is 1.66 bits per heavy atom. The highest BCUT2D eigenvalue weighted by Gasteiger charge is 2.23. The lowest BCUT2D eigenvalue weighted by Crippen LogP contribution is -2.21. The number of carboxylic acid groups (broad SMARTS) is 1. The molecule has 1 atom stereocenters. The third-order valence-corrected chi connectivity index (χ3v) is 5.16. The van der Waals surface area contributed by atoms with Crippen LogP contribution in [0, 0.1) is 23.0 Å². The number of Topliss-reactive ketones (excluding diaryl/α,β-unsaturated/α-hetero) is 1. The van der Waals surface area contributed by atoms with Gasteiger partial charge in [0.05, 0.1) is 5.92 Å². The number of carbonyl (C=O) groups excluding carboxylic acids is 2. The Balaban J connectivity index is 1.93. The fourth-order valence-corrected chi connectivity index (χ4v) is 3.34. The van der Waals surface area contributed by atoms with E-state index in [1.807, 2.05) is 6.92 Å². The standard InChI is InChI=1S/C20H19NO7S/c1-13-2-6-15(7-3-13)18(22)10-17(19(23)24)12-29-20(25)16-8-4-14(5-9-16)11-28-21(26)27/h2-9,17H,10-12H2,1H3,(H,23,24). The second-order valence-electron chi connectivity index (χ2n) is 6.32. The number of hydrogen-bond donors (Lipinski definition) is 1. The summed E-state index contributed by atoms with van der Waals surface area (Å²) < 4.78 is 0. The Kier molecular flexibility index (Phi) is 7.90. The quantitative estimate of drug-likeness (QED) is 0.354. The van der Waals surface area contributed by atoms with E-state index in [2.05, 4.69) is 4.84 Å². The zero-order chi connectivity index (χ0) is 21.4. The van der Waals surface area contributed by atoms with Gasteiger partial charge in [-0.3, -0.25) is 14.4 Å². The maximum Gasteiger partial charge on any atom is 0.307 e. The minimum Gasteiger partial charge on any atom is -0.481 e. The first-order valence-electron chi connectivity index (χ1n) is 8.62. The monoisotopic (exact) mass is 417 g/mol. The lowest BCUT2D eigenvalue weighted by Gasteiger charge is -2.11. The molecule has 152 valence electrons. The smallest absolute Gasteiger partial charge is 0.307 e. The van der Waals surface area contributed by atoms with E-state index >= 15 is 0 Å². The Bertz CT molecular complexity index is 894. The van der Waals surface area contributed by atoms with E-state index in [0.717, 1.165) is 17.3 Å². The van der Waals surface area contributed by atoms with Crippen molar-refractivity contribution in [1.82, 2.24) is 0 Å². The van der Waals surface area contributed by atoms with E-state index in [0.29, 0.717) is 16.7 Å². The summed E-state index contributed by atoms with van der Waals surface area (Å²) in [7, 11) is 0. The number of carboxylic acids is 1. The lowest BCUT2D eigenvalue weighted by molar-refractivity contribution is -0.763. The van der Waals surface area contributed by atoms with E-state index in [4.69, 9.17) is 0 Å². The Labute approximate surface area is 171 Å². The first-order valence-corrected chi connectivity index (χ1v) is 9.61. The molecule has 0 amide bonds. The van der Waals surface area contributed by atoms with E-state index < -0.39 is 17.0 Å². The largest absolute Gasteiger partial charge is 0.481 e. The molecule has 2 rings (SSSR count). The van der Waals surface area contributed by atoms with Crippen molar-refractivity contribution in [3.05, 3.63) is 80.9 Å². The highest BCUT2D eigenvalue weighted by Crippen LogP contribution is 2.21. The molecule has 0 aromatic heterocycles.